The number of rotatable bonds is 9. The molecule has 1 fully saturated rings. The Morgan fingerprint density at radius 2 is 1.75 bits per heavy atom. The molecule has 2 aromatic carbocycles. The van der Waals surface area contributed by atoms with Crippen molar-refractivity contribution in [2.45, 2.75) is 32.2 Å². The van der Waals surface area contributed by atoms with Gasteiger partial charge in [-0.3, -0.25) is 9.69 Å². The number of ether oxygens (including phenoxy) is 1. The third kappa shape index (κ3) is 4.60. The van der Waals surface area contributed by atoms with Gasteiger partial charge in [-0.1, -0.05) is 37.3 Å². The Kier molecular flexibility index (Phi) is 7.00. The Morgan fingerprint density at radius 3 is 2.47 bits per heavy atom. The van der Waals surface area contributed by atoms with Gasteiger partial charge in [-0.2, -0.15) is 0 Å². The average molecular weight is 436 g/mol. The molecule has 2 heterocycles. The molecule has 0 aliphatic carbocycles. The number of aliphatic carboxylic acids is 1. The van der Waals surface area contributed by atoms with Gasteiger partial charge in [-0.05, 0) is 43.1 Å². The normalized spacial score (nSPS) is 15.8. The number of aryl methyl sites for hydroxylation is 1. The summed E-state index contributed by atoms with van der Waals surface area (Å²) in [5.41, 5.74) is 3.23. The minimum absolute atomic E-state index is 0.454. The molecule has 0 spiro atoms. The van der Waals surface area contributed by atoms with E-state index in [0.29, 0.717) is 6.42 Å². The van der Waals surface area contributed by atoms with Crippen LogP contribution in [0.15, 0.2) is 54.7 Å². The molecule has 1 aliphatic heterocycles. The molecule has 4 rings (SSSR count). The minimum atomic E-state index is -0.747. The number of carboxylic acids is 1. The van der Waals surface area contributed by atoms with E-state index in [1.54, 1.807) is 7.11 Å². The van der Waals surface area contributed by atoms with Gasteiger partial charge in [0.15, 0.2) is 0 Å². The molecule has 32 heavy (non-hydrogen) atoms. The zero-order valence-electron chi connectivity index (χ0n) is 19.0. The number of hydrogen-bond acceptors (Lipinski definition) is 4. The number of benzene rings is 2. The van der Waals surface area contributed by atoms with Crippen LogP contribution >= 0.6 is 0 Å². The van der Waals surface area contributed by atoms with Crippen molar-refractivity contribution in [1.82, 2.24) is 9.47 Å². The highest BCUT2D eigenvalue weighted by Gasteiger charge is 2.23. The molecular formula is C26H33N3O3. The average Bonchev–Trinajstić information content (AvgIpc) is 3.18. The Labute approximate surface area is 190 Å². The third-order valence-corrected chi connectivity index (χ3v) is 6.57. The largest absolute Gasteiger partial charge is 0.495 e. The van der Waals surface area contributed by atoms with Crippen LogP contribution in [-0.2, 0) is 11.3 Å². The van der Waals surface area contributed by atoms with Crippen molar-refractivity contribution in [2.24, 2.45) is 0 Å². The van der Waals surface area contributed by atoms with Gasteiger partial charge in [0.2, 0.25) is 0 Å². The first-order chi connectivity index (χ1) is 15.6. The number of anilines is 1. The molecule has 1 N–H and O–H groups in total. The van der Waals surface area contributed by atoms with Crippen molar-refractivity contribution in [3.63, 3.8) is 0 Å². The SMILES string of the molecule is CCC(C(=O)O)c1cn(CCCN2CCN(c3ccccc3OC)CC2)c2ccccc12. The molecule has 0 radical (unpaired) electrons. The lowest BCUT2D eigenvalue weighted by Gasteiger charge is -2.36. The van der Waals surface area contributed by atoms with Crippen LogP contribution < -0.4 is 9.64 Å². The van der Waals surface area contributed by atoms with E-state index in [2.05, 4.69) is 38.8 Å². The first-order valence-corrected chi connectivity index (χ1v) is 11.5. The summed E-state index contributed by atoms with van der Waals surface area (Å²) in [6, 6.07) is 16.4. The Bertz CT molecular complexity index is 1050. The Morgan fingerprint density at radius 1 is 1.03 bits per heavy atom. The number of fused-ring (bicyclic) bond motifs is 1. The van der Waals surface area contributed by atoms with Gasteiger partial charge in [0.05, 0.1) is 18.7 Å². The van der Waals surface area contributed by atoms with Gasteiger partial charge in [-0.25, -0.2) is 0 Å². The Hall–Kier alpha value is -2.99. The second-order valence-electron chi connectivity index (χ2n) is 8.45. The van der Waals surface area contributed by atoms with E-state index in [1.807, 2.05) is 37.3 Å². The molecule has 6 nitrogen and oxygen atoms in total. The lowest BCUT2D eigenvalue weighted by atomic mass is 9.96. The smallest absolute Gasteiger partial charge is 0.311 e. The van der Waals surface area contributed by atoms with Crippen molar-refractivity contribution in [3.8, 4) is 5.75 Å². The highest BCUT2D eigenvalue weighted by atomic mass is 16.5. The van der Waals surface area contributed by atoms with Crippen molar-refractivity contribution in [3.05, 3.63) is 60.3 Å². The summed E-state index contributed by atoms with van der Waals surface area (Å²) < 4.78 is 7.76. The van der Waals surface area contributed by atoms with Gasteiger partial charge in [0.25, 0.3) is 0 Å². The fraction of sp³-hybridized carbons (Fsp3) is 0.423. The van der Waals surface area contributed by atoms with Crippen molar-refractivity contribution >= 4 is 22.6 Å². The van der Waals surface area contributed by atoms with E-state index in [1.165, 1.54) is 5.69 Å². The summed E-state index contributed by atoms with van der Waals surface area (Å²) in [6.45, 7) is 7.93. The van der Waals surface area contributed by atoms with Crippen LogP contribution in [0.1, 0.15) is 31.2 Å². The van der Waals surface area contributed by atoms with Crippen LogP contribution in [0.3, 0.4) is 0 Å². The van der Waals surface area contributed by atoms with E-state index >= 15 is 0 Å². The second-order valence-corrected chi connectivity index (χ2v) is 8.45. The maximum absolute atomic E-state index is 11.7. The molecule has 6 heteroatoms. The van der Waals surface area contributed by atoms with Gasteiger partial charge in [0.1, 0.15) is 5.75 Å². The number of aromatic nitrogens is 1. The first-order valence-electron chi connectivity index (χ1n) is 11.5. The van der Waals surface area contributed by atoms with Crippen LogP contribution in [0.2, 0.25) is 0 Å². The highest BCUT2D eigenvalue weighted by Crippen LogP contribution is 2.31. The molecule has 1 unspecified atom stereocenters. The van der Waals surface area contributed by atoms with Crippen molar-refractivity contribution in [2.75, 3.05) is 44.7 Å². The number of piperazine rings is 1. The van der Waals surface area contributed by atoms with Gasteiger partial charge in [0, 0.05) is 49.8 Å². The molecule has 1 aromatic heterocycles. The molecule has 0 saturated carbocycles. The molecule has 3 aromatic rings. The quantitative estimate of drug-likeness (QED) is 0.538. The molecule has 1 atom stereocenters. The summed E-state index contributed by atoms with van der Waals surface area (Å²) in [5.74, 6) is -0.268. The zero-order chi connectivity index (χ0) is 22.5. The van der Waals surface area contributed by atoms with Crippen LogP contribution in [0.5, 0.6) is 5.75 Å². The summed E-state index contributed by atoms with van der Waals surface area (Å²) >= 11 is 0. The highest BCUT2D eigenvalue weighted by molar-refractivity contribution is 5.89. The van der Waals surface area contributed by atoms with Crippen molar-refractivity contribution < 1.29 is 14.6 Å². The molecule has 0 amide bonds. The maximum Gasteiger partial charge on any atom is 0.311 e. The summed E-state index contributed by atoms with van der Waals surface area (Å²) in [4.78, 5) is 16.7. The second kappa shape index (κ2) is 10.1. The van der Waals surface area contributed by atoms with Crippen LogP contribution in [0.25, 0.3) is 10.9 Å². The predicted octanol–water partition coefficient (Wildman–Crippen LogP) is 4.44. The number of para-hydroxylation sites is 3. The summed E-state index contributed by atoms with van der Waals surface area (Å²) in [6.07, 6.45) is 3.70. The van der Waals surface area contributed by atoms with E-state index in [4.69, 9.17) is 4.74 Å². The lowest BCUT2D eigenvalue weighted by Crippen LogP contribution is -2.46. The van der Waals surface area contributed by atoms with Gasteiger partial charge >= 0.3 is 5.97 Å². The van der Waals surface area contributed by atoms with E-state index in [0.717, 1.165) is 67.9 Å². The van der Waals surface area contributed by atoms with Crippen LogP contribution in [-0.4, -0.2) is 60.4 Å². The number of carbonyl (C=O) groups is 1. The topological polar surface area (TPSA) is 57.9 Å². The van der Waals surface area contributed by atoms with Crippen molar-refractivity contribution in [1.29, 1.82) is 0 Å². The molecule has 1 aliphatic rings. The standard InChI is InChI=1S/C26H33N3O3/c1-3-20(26(30)31)22-19-29(23-10-5-4-9-21(22)23)14-8-13-27-15-17-28(18-16-27)24-11-6-7-12-25(24)32-2/h4-7,9-12,19-20H,3,8,13-18H2,1-2H3,(H,30,31). The van der Waals surface area contributed by atoms with Crippen LogP contribution in [0.4, 0.5) is 5.69 Å². The molecule has 0 bridgehead atoms. The number of nitrogens with zero attached hydrogens (tertiary/aromatic N) is 3. The van der Waals surface area contributed by atoms with Crippen LogP contribution in [0, 0.1) is 0 Å². The first kappa shape index (κ1) is 22.2. The summed E-state index contributed by atoms with van der Waals surface area (Å²) in [5, 5.41) is 10.7. The zero-order valence-corrected chi connectivity index (χ0v) is 19.0. The van der Waals surface area contributed by atoms with Gasteiger partial charge < -0.3 is 19.3 Å². The van der Waals surface area contributed by atoms with E-state index in [9.17, 15) is 9.90 Å². The molecular weight excluding hydrogens is 402 g/mol. The maximum atomic E-state index is 11.7. The Balaban J connectivity index is 1.36. The van der Waals surface area contributed by atoms with E-state index in [-0.39, 0.29) is 0 Å². The monoisotopic (exact) mass is 435 g/mol. The fourth-order valence-electron chi connectivity index (χ4n) is 4.83. The number of hydrogen-bond donors (Lipinski definition) is 1. The summed E-state index contributed by atoms with van der Waals surface area (Å²) in [7, 11) is 1.73. The lowest BCUT2D eigenvalue weighted by molar-refractivity contribution is -0.138. The predicted molar refractivity (Wildman–Crippen MR) is 129 cm³/mol. The molecule has 1 saturated heterocycles. The van der Waals surface area contributed by atoms with Gasteiger partial charge in [-0.15, -0.1) is 0 Å². The fourth-order valence-corrected chi connectivity index (χ4v) is 4.83. The molecule has 170 valence electrons. The minimum Gasteiger partial charge on any atom is -0.495 e. The number of carboxylic acid groups (broad SMARTS) is 1. The third-order valence-electron chi connectivity index (χ3n) is 6.57. The number of methoxy groups -OCH3 is 1. The van der Waals surface area contributed by atoms with E-state index < -0.39 is 11.9 Å².